The van der Waals surface area contributed by atoms with E-state index in [0.717, 1.165) is 22.4 Å². The molecule has 7 nitrogen and oxygen atoms in total. The van der Waals surface area contributed by atoms with Crippen molar-refractivity contribution in [3.05, 3.63) is 64.9 Å². The smallest absolute Gasteiger partial charge is 0.263 e. The van der Waals surface area contributed by atoms with E-state index in [1.807, 2.05) is 58.0 Å². The van der Waals surface area contributed by atoms with Crippen molar-refractivity contribution in [1.29, 1.82) is 5.26 Å². The van der Waals surface area contributed by atoms with Crippen LogP contribution in [0, 0.1) is 18.3 Å². The minimum Gasteiger partial charge on any atom is -0.494 e. The first-order valence-electron chi connectivity index (χ1n) is 10.5. The summed E-state index contributed by atoms with van der Waals surface area (Å²) in [7, 11) is 3.12. The van der Waals surface area contributed by atoms with E-state index >= 15 is 0 Å². The van der Waals surface area contributed by atoms with Crippen LogP contribution in [0.4, 0.5) is 0 Å². The second kappa shape index (κ2) is 11.7. The van der Waals surface area contributed by atoms with E-state index < -0.39 is 5.91 Å². The highest BCUT2D eigenvalue weighted by Gasteiger charge is 2.17. The first-order valence-corrected chi connectivity index (χ1v) is 10.5. The van der Waals surface area contributed by atoms with Gasteiger partial charge < -0.3 is 24.8 Å². The Bertz CT molecular complexity index is 1010. The zero-order valence-corrected chi connectivity index (χ0v) is 19.5. The van der Waals surface area contributed by atoms with Crippen LogP contribution in [0.5, 0.6) is 17.2 Å². The van der Waals surface area contributed by atoms with E-state index in [4.69, 9.17) is 14.2 Å². The van der Waals surface area contributed by atoms with Gasteiger partial charge >= 0.3 is 0 Å². The molecule has 0 aliphatic carbocycles. The molecule has 1 amide bonds. The van der Waals surface area contributed by atoms with Crippen molar-refractivity contribution in [3.63, 3.8) is 0 Å². The Labute approximate surface area is 190 Å². The number of amides is 1. The predicted octanol–water partition coefficient (Wildman–Crippen LogP) is 4.35. The molecule has 0 bridgehead atoms. The second-order valence-electron chi connectivity index (χ2n) is 7.34. The van der Waals surface area contributed by atoms with Crippen molar-refractivity contribution >= 4 is 5.91 Å². The molecule has 0 saturated carbocycles. The summed E-state index contributed by atoms with van der Waals surface area (Å²) in [5, 5.41) is 15.5. The minimum absolute atomic E-state index is 0.0187. The van der Waals surface area contributed by atoms with E-state index in [9.17, 15) is 10.1 Å². The average molecular weight is 438 g/mol. The van der Waals surface area contributed by atoms with E-state index in [1.165, 1.54) is 6.20 Å². The topological polar surface area (TPSA) is 92.6 Å². The Hall–Kier alpha value is -3.66. The number of carbonyl (C=O) groups excluding carboxylic acids is 1. The third-order valence-corrected chi connectivity index (χ3v) is 5.03. The number of nitrogens with one attached hydrogen (secondary N) is 2. The van der Waals surface area contributed by atoms with Gasteiger partial charge in [0.1, 0.15) is 17.4 Å². The number of hydrogen-bond acceptors (Lipinski definition) is 6. The third-order valence-electron chi connectivity index (χ3n) is 5.03. The second-order valence-corrected chi connectivity index (χ2v) is 7.34. The van der Waals surface area contributed by atoms with E-state index in [2.05, 4.69) is 10.6 Å². The van der Waals surface area contributed by atoms with Gasteiger partial charge in [-0.2, -0.15) is 5.26 Å². The van der Waals surface area contributed by atoms with Crippen LogP contribution < -0.4 is 24.8 Å². The summed E-state index contributed by atoms with van der Waals surface area (Å²) >= 11 is 0. The largest absolute Gasteiger partial charge is 0.494 e. The van der Waals surface area contributed by atoms with Crippen molar-refractivity contribution < 1.29 is 19.0 Å². The number of hydrogen-bond donors (Lipinski definition) is 2. The zero-order valence-electron chi connectivity index (χ0n) is 19.5. The maximum absolute atomic E-state index is 12.7. The molecule has 0 aromatic heterocycles. The van der Waals surface area contributed by atoms with Crippen LogP contribution in [-0.4, -0.2) is 26.7 Å². The molecule has 2 rings (SSSR count). The Morgan fingerprint density at radius 2 is 1.75 bits per heavy atom. The summed E-state index contributed by atoms with van der Waals surface area (Å²) < 4.78 is 16.3. The molecule has 0 fully saturated rings. The summed E-state index contributed by atoms with van der Waals surface area (Å²) in [6.45, 7) is 8.28. The lowest BCUT2D eigenvalue weighted by atomic mass is 10.0. The van der Waals surface area contributed by atoms with Gasteiger partial charge in [-0.3, -0.25) is 4.79 Å². The molecule has 2 aromatic carbocycles. The van der Waals surface area contributed by atoms with Crippen molar-refractivity contribution in [2.45, 2.75) is 39.8 Å². The quantitative estimate of drug-likeness (QED) is 0.424. The molecule has 2 unspecified atom stereocenters. The molecule has 2 atom stereocenters. The lowest BCUT2D eigenvalue weighted by Gasteiger charge is -2.18. The van der Waals surface area contributed by atoms with Gasteiger partial charge in [0.2, 0.25) is 0 Å². The fourth-order valence-electron chi connectivity index (χ4n) is 3.22. The van der Waals surface area contributed by atoms with Crippen LogP contribution in [0.3, 0.4) is 0 Å². The molecular formula is C25H31N3O4. The summed E-state index contributed by atoms with van der Waals surface area (Å²) in [6.07, 6.45) is 1.44. The summed E-state index contributed by atoms with van der Waals surface area (Å²) in [4.78, 5) is 12.7. The monoisotopic (exact) mass is 437 g/mol. The molecule has 2 aromatic rings. The molecule has 0 heterocycles. The Kier molecular flexibility index (Phi) is 8.96. The summed E-state index contributed by atoms with van der Waals surface area (Å²) in [5.41, 5.74) is 2.87. The molecule has 0 spiro atoms. The van der Waals surface area contributed by atoms with Gasteiger partial charge in [0.25, 0.3) is 5.91 Å². The molecule has 0 aliphatic heterocycles. The maximum Gasteiger partial charge on any atom is 0.263 e. The number of rotatable bonds is 10. The van der Waals surface area contributed by atoms with Crippen LogP contribution in [0.15, 0.2) is 48.2 Å². The van der Waals surface area contributed by atoms with Crippen LogP contribution in [0.25, 0.3) is 0 Å². The lowest BCUT2D eigenvalue weighted by Crippen LogP contribution is -2.28. The standard InChI is InChI=1S/C25H31N3O4/c1-7-32-22-10-8-16(2)12-21(22)18(4)27-15-20(14-26)25(29)28-17(3)19-9-11-23(30-5)24(13-19)31-6/h8-13,15,17-18,27H,7H2,1-6H3,(H,28,29)/b20-15-. The number of carbonyl (C=O) groups is 1. The number of methoxy groups -OCH3 is 2. The van der Waals surface area contributed by atoms with Gasteiger partial charge in [0.05, 0.1) is 32.9 Å². The summed E-state index contributed by atoms with van der Waals surface area (Å²) in [6, 6.07) is 12.8. The average Bonchev–Trinajstić information content (AvgIpc) is 2.79. The van der Waals surface area contributed by atoms with Gasteiger partial charge in [-0.15, -0.1) is 0 Å². The predicted molar refractivity (Wildman–Crippen MR) is 124 cm³/mol. The highest BCUT2D eigenvalue weighted by molar-refractivity contribution is 5.97. The van der Waals surface area contributed by atoms with Crippen molar-refractivity contribution in [2.24, 2.45) is 0 Å². The van der Waals surface area contributed by atoms with E-state index in [-0.39, 0.29) is 17.7 Å². The fourth-order valence-corrected chi connectivity index (χ4v) is 3.22. The normalized spacial score (nSPS) is 12.8. The lowest BCUT2D eigenvalue weighted by molar-refractivity contribution is -0.117. The third kappa shape index (κ3) is 6.17. The Balaban J connectivity index is 2.12. The highest BCUT2D eigenvalue weighted by atomic mass is 16.5. The molecule has 170 valence electrons. The van der Waals surface area contributed by atoms with Gasteiger partial charge in [0.15, 0.2) is 11.5 Å². The number of nitrogens with zero attached hydrogens (tertiary/aromatic N) is 1. The van der Waals surface area contributed by atoms with Crippen molar-refractivity contribution in [3.8, 4) is 23.3 Å². The molecule has 7 heteroatoms. The van der Waals surface area contributed by atoms with Gasteiger partial charge in [-0.05, 0) is 51.5 Å². The van der Waals surface area contributed by atoms with Crippen LogP contribution >= 0.6 is 0 Å². The van der Waals surface area contributed by atoms with E-state index in [0.29, 0.717) is 18.1 Å². The van der Waals surface area contributed by atoms with Crippen LogP contribution in [0.1, 0.15) is 49.5 Å². The first kappa shape index (κ1) is 24.6. The fraction of sp³-hybridized carbons (Fsp3) is 0.360. The van der Waals surface area contributed by atoms with Crippen molar-refractivity contribution in [2.75, 3.05) is 20.8 Å². The molecule has 32 heavy (non-hydrogen) atoms. The molecule has 0 aliphatic rings. The molecular weight excluding hydrogens is 406 g/mol. The number of benzene rings is 2. The molecule has 0 radical (unpaired) electrons. The van der Waals surface area contributed by atoms with E-state index in [1.54, 1.807) is 26.4 Å². The highest BCUT2D eigenvalue weighted by Crippen LogP contribution is 2.30. The van der Waals surface area contributed by atoms with Crippen molar-refractivity contribution in [1.82, 2.24) is 10.6 Å². The number of ether oxygens (including phenoxy) is 3. The van der Waals surface area contributed by atoms with Crippen LogP contribution in [0.2, 0.25) is 0 Å². The molecule has 2 N–H and O–H groups in total. The minimum atomic E-state index is -0.469. The zero-order chi connectivity index (χ0) is 23.7. The van der Waals surface area contributed by atoms with Gasteiger partial charge in [-0.1, -0.05) is 23.8 Å². The maximum atomic E-state index is 12.7. The first-order chi connectivity index (χ1) is 15.3. The number of aryl methyl sites for hydroxylation is 1. The number of nitriles is 1. The van der Waals surface area contributed by atoms with Gasteiger partial charge in [-0.25, -0.2) is 0 Å². The molecule has 0 saturated heterocycles. The summed E-state index contributed by atoms with van der Waals surface area (Å²) in [5.74, 6) is 1.48. The Morgan fingerprint density at radius 1 is 1.06 bits per heavy atom. The Morgan fingerprint density at radius 3 is 2.38 bits per heavy atom. The SMILES string of the molecule is CCOc1ccc(C)cc1C(C)N/C=C(/C#N)C(=O)NC(C)c1ccc(OC)c(OC)c1. The van der Waals surface area contributed by atoms with Gasteiger partial charge in [0, 0.05) is 11.8 Å². The van der Waals surface area contributed by atoms with Crippen LogP contribution in [-0.2, 0) is 4.79 Å².